The molecule has 3 aromatic carbocycles. The van der Waals surface area contributed by atoms with E-state index in [4.69, 9.17) is 15.9 Å². The van der Waals surface area contributed by atoms with E-state index >= 15 is 0 Å². The Bertz CT molecular complexity index is 1510. The number of nitrogens with one attached hydrogen (secondary N) is 2. The van der Waals surface area contributed by atoms with Crippen LogP contribution in [0.4, 0.5) is 21.5 Å². The molecular weight excluding hydrogens is 527 g/mol. The minimum Gasteiger partial charge on any atom is -0.497 e. The van der Waals surface area contributed by atoms with Gasteiger partial charge >= 0.3 is 5.97 Å². The highest BCUT2D eigenvalue weighted by molar-refractivity contribution is 6.12. The van der Waals surface area contributed by atoms with Crippen molar-refractivity contribution >= 4 is 41.2 Å². The lowest BCUT2D eigenvalue weighted by Crippen LogP contribution is -2.35. The summed E-state index contributed by atoms with van der Waals surface area (Å²) in [5.74, 6) is 0.557. The summed E-state index contributed by atoms with van der Waals surface area (Å²) in [5.41, 5.74) is 1.58. The largest absolute Gasteiger partial charge is 0.497 e. The van der Waals surface area contributed by atoms with Crippen molar-refractivity contribution in [2.45, 2.75) is 12.8 Å². The van der Waals surface area contributed by atoms with E-state index in [0.717, 1.165) is 6.07 Å². The smallest absolute Gasteiger partial charge is 0.308 e. The average Bonchev–Trinajstić information content (AvgIpc) is 3.00. The van der Waals surface area contributed by atoms with Gasteiger partial charge in [-0.3, -0.25) is 14.4 Å². The predicted octanol–water partition coefficient (Wildman–Crippen LogP) is 4.87. The number of methoxy groups -OCH3 is 2. The minimum absolute atomic E-state index is 0.122. The Morgan fingerprint density at radius 2 is 1.68 bits per heavy atom. The van der Waals surface area contributed by atoms with Crippen LogP contribution >= 0.6 is 0 Å². The average molecular weight is 557 g/mol. The van der Waals surface area contributed by atoms with Gasteiger partial charge in [0.2, 0.25) is 0 Å². The summed E-state index contributed by atoms with van der Waals surface area (Å²) in [6.45, 7) is 1.25. The van der Waals surface area contributed by atoms with Crippen LogP contribution in [0.5, 0.6) is 5.75 Å². The molecule has 9 nitrogen and oxygen atoms in total. The summed E-state index contributed by atoms with van der Waals surface area (Å²) in [5, 5.41) is 5.37. The number of halogens is 1. The van der Waals surface area contributed by atoms with Gasteiger partial charge in [-0.2, -0.15) is 0 Å². The number of amides is 2. The number of hydrogen-bond acceptors (Lipinski definition) is 6. The highest BCUT2D eigenvalue weighted by atomic mass is 19.1. The van der Waals surface area contributed by atoms with Gasteiger partial charge in [0.1, 0.15) is 11.6 Å². The Kier molecular flexibility index (Phi) is 9.32. The van der Waals surface area contributed by atoms with Crippen LogP contribution in [-0.2, 0) is 9.53 Å². The van der Waals surface area contributed by atoms with Crippen LogP contribution in [0.15, 0.2) is 65.7 Å². The number of benzene rings is 3. The number of likely N-dealkylation sites (tertiary alicyclic amines) is 1. The fraction of sp³-hybridized carbons (Fsp3) is 0.226. The van der Waals surface area contributed by atoms with Gasteiger partial charge in [-0.15, -0.1) is 6.42 Å². The molecule has 10 heteroatoms. The van der Waals surface area contributed by atoms with Crippen LogP contribution in [0.3, 0.4) is 0 Å². The number of nitrogens with zero attached hydrogens (tertiary/aromatic N) is 2. The maximum absolute atomic E-state index is 15.0. The predicted molar refractivity (Wildman–Crippen MR) is 154 cm³/mol. The molecule has 0 aromatic heterocycles. The first kappa shape index (κ1) is 28.8. The number of carbonyl (C=O) groups is 3. The molecule has 0 bridgehead atoms. The van der Waals surface area contributed by atoms with E-state index in [1.807, 2.05) is 4.90 Å². The van der Waals surface area contributed by atoms with E-state index < -0.39 is 17.6 Å². The van der Waals surface area contributed by atoms with E-state index in [2.05, 4.69) is 21.5 Å². The summed E-state index contributed by atoms with van der Waals surface area (Å²) in [7, 11) is 2.83. The zero-order valence-electron chi connectivity index (χ0n) is 22.6. The Hall–Kier alpha value is -5.17. The molecule has 0 radical (unpaired) electrons. The van der Waals surface area contributed by atoms with Crippen molar-refractivity contribution in [2.75, 3.05) is 37.9 Å². The molecule has 41 heavy (non-hydrogen) atoms. The molecule has 0 spiro atoms. The number of anilines is 2. The van der Waals surface area contributed by atoms with Crippen LogP contribution in [0.1, 0.15) is 39.1 Å². The molecule has 4 rings (SSSR count). The summed E-state index contributed by atoms with van der Waals surface area (Å²) in [6.07, 6.45) is 8.28. The van der Waals surface area contributed by atoms with Gasteiger partial charge in [0.15, 0.2) is 0 Å². The molecular formula is C31H29FN4O5. The SMILES string of the molecule is C#Cc1ccc(NC(=O)c2cc(OC)ccc2NC(=O)c2ccc(N=CN3CCC(C(=O)OC)CC3)cc2F)cc1. The second kappa shape index (κ2) is 13.3. The van der Waals surface area contributed by atoms with Gasteiger partial charge < -0.3 is 25.0 Å². The summed E-state index contributed by atoms with van der Waals surface area (Å²) >= 11 is 0. The monoisotopic (exact) mass is 556 g/mol. The molecule has 210 valence electrons. The van der Waals surface area contributed by atoms with Crippen LogP contribution in [0.25, 0.3) is 0 Å². The second-order valence-electron chi connectivity index (χ2n) is 9.28. The number of terminal acetylenes is 1. The maximum Gasteiger partial charge on any atom is 0.308 e. The van der Waals surface area contributed by atoms with Crippen LogP contribution in [0.2, 0.25) is 0 Å². The quantitative estimate of drug-likeness (QED) is 0.177. The maximum atomic E-state index is 15.0. The van der Waals surface area contributed by atoms with Gasteiger partial charge in [-0.05, 0) is 67.4 Å². The normalized spacial score (nSPS) is 13.4. The molecule has 3 aromatic rings. The minimum atomic E-state index is -0.769. The van der Waals surface area contributed by atoms with E-state index in [-0.39, 0.29) is 28.7 Å². The van der Waals surface area contributed by atoms with Crippen LogP contribution < -0.4 is 15.4 Å². The zero-order chi connectivity index (χ0) is 29.4. The van der Waals surface area contributed by atoms with Gasteiger partial charge in [0, 0.05) is 30.4 Å². The molecule has 1 aliphatic rings. The van der Waals surface area contributed by atoms with Crippen molar-refractivity contribution < 1.29 is 28.2 Å². The molecule has 0 unspecified atom stereocenters. The van der Waals surface area contributed by atoms with E-state index in [1.165, 1.54) is 38.5 Å². The molecule has 0 aliphatic carbocycles. The first-order chi connectivity index (χ1) is 19.8. The lowest BCUT2D eigenvalue weighted by atomic mass is 9.97. The molecule has 2 amide bonds. The van der Waals surface area contributed by atoms with Gasteiger partial charge in [0.05, 0.1) is 49.0 Å². The van der Waals surface area contributed by atoms with Crippen molar-refractivity contribution in [2.24, 2.45) is 10.9 Å². The number of esters is 1. The Labute approximate surface area is 237 Å². The fourth-order valence-corrected chi connectivity index (χ4v) is 4.32. The third-order valence-electron chi connectivity index (χ3n) is 6.66. The second-order valence-corrected chi connectivity index (χ2v) is 9.28. The number of ether oxygens (including phenoxy) is 2. The number of piperidine rings is 1. The van der Waals surface area contributed by atoms with Crippen LogP contribution in [0, 0.1) is 24.1 Å². The summed E-state index contributed by atoms with van der Waals surface area (Å²) < 4.78 is 25.0. The fourth-order valence-electron chi connectivity index (χ4n) is 4.32. The van der Waals surface area contributed by atoms with E-state index in [0.29, 0.717) is 48.6 Å². The van der Waals surface area contributed by atoms with Gasteiger partial charge in [-0.1, -0.05) is 5.92 Å². The number of hydrogen-bond donors (Lipinski definition) is 2. The molecule has 0 saturated carbocycles. The van der Waals surface area contributed by atoms with Crippen molar-refractivity contribution in [1.82, 2.24) is 4.90 Å². The Morgan fingerprint density at radius 3 is 2.32 bits per heavy atom. The standard InChI is InChI=1S/C31H29FN4O5/c1-4-20-5-7-22(8-6-20)34-30(38)26-18-24(40-2)10-12-28(26)35-29(37)25-11-9-23(17-27(25)32)33-19-36-15-13-21(14-16-36)31(39)41-3/h1,5-12,17-19,21H,13-16H2,2-3H3,(H,34,38)(H,35,37). The number of carbonyl (C=O) groups excluding carboxylic acids is 3. The van der Waals surface area contributed by atoms with Gasteiger partial charge in [-0.25, -0.2) is 9.38 Å². The topological polar surface area (TPSA) is 109 Å². The summed E-state index contributed by atoms with van der Waals surface area (Å²) in [4.78, 5) is 44.0. The lowest BCUT2D eigenvalue weighted by molar-refractivity contribution is -0.146. The molecule has 0 atom stereocenters. The lowest BCUT2D eigenvalue weighted by Gasteiger charge is -2.28. The number of aliphatic imine (C=N–C) groups is 1. The molecule has 1 fully saturated rings. The molecule has 1 saturated heterocycles. The first-order valence-electron chi connectivity index (χ1n) is 12.8. The Morgan fingerprint density at radius 1 is 0.976 bits per heavy atom. The first-order valence-corrected chi connectivity index (χ1v) is 12.8. The third kappa shape index (κ3) is 7.28. The van der Waals surface area contributed by atoms with Crippen LogP contribution in [-0.4, -0.2) is 56.3 Å². The van der Waals surface area contributed by atoms with Gasteiger partial charge in [0.25, 0.3) is 11.8 Å². The van der Waals surface area contributed by atoms with E-state index in [1.54, 1.807) is 36.7 Å². The van der Waals surface area contributed by atoms with Crippen molar-refractivity contribution in [3.05, 3.63) is 83.2 Å². The number of rotatable bonds is 8. The third-order valence-corrected chi connectivity index (χ3v) is 6.66. The highest BCUT2D eigenvalue weighted by Gasteiger charge is 2.24. The van der Waals surface area contributed by atoms with Crippen molar-refractivity contribution in [3.63, 3.8) is 0 Å². The zero-order valence-corrected chi connectivity index (χ0v) is 22.6. The molecule has 2 N–H and O–H groups in total. The van der Waals surface area contributed by atoms with Crippen molar-refractivity contribution in [1.29, 1.82) is 0 Å². The van der Waals surface area contributed by atoms with E-state index in [9.17, 15) is 18.8 Å². The summed E-state index contributed by atoms with van der Waals surface area (Å²) in [6, 6.07) is 15.3. The molecule has 1 heterocycles. The van der Waals surface area contributed by atoms with Crippen molar-refractivity contribution in [3.8, 4) is 18.1 Å². The molecule has 1 aliphatic heterocycles. The highest BCUT2D eigenvalue weighted by Crippen LogP contribution is 2.26. The Balaban J connectivity index is 1.44.